The van der Waals surface area contributed by atoms with Crippen LogP contribution in [0, 0.1) is 0 Å². The van der Waals surface area contributed by atoms with Gasteiger partial charge in [-0.3, -0.25) is 4.57 Å². The fourth-order valence-electron chi connectivity index (χ4n) is 2.79. The molecule has 0 bridgehead atoms. The molecule has 98 valence electrons. The number of fused-ring (bicyclic) bond motifs is 3. The van der Waals surface area contributed by atoms with Crippen molar-refractivity contribution in [3.05, 3.63) is 58.6 Å². The molecule has 0 saturated carbocycles. The van der Waals surface area contributed by atoms with Gasteiger partial charge in [-0.25, -0.2) is 4.99 Å². The number of rotatable bonds is 1. The van der Waals surface area contributed by atoms with Crippen LogP contribution >= 0.6 is 15.9 Å². The molecule has 1 aliphatic rings. The molecular formula is C16H12BrN3. The number of benzene rings is 2. The van der Waals surface area contributed by atoms with Gasteiger partial charge in [0.15, 0.2) is 0 Å². The van der Waals surface area contributed by atoms with E-state index in [2.05, 4.69) is 43.7 Å². The maximum absolute atomic E-state index is 6.32. The molecule has 3 aromatic rings. The maximum atomic E-state index is 6.32. The summed E-state index contributed by atoms with van der Waals surface area (Å²) in [6.45, 7) is 0. The molecule has 0 amide bonds. The zero-order chi connectivity index (χ0) is 13.7. The highest BCUT2D eigenvalue weighted by Crippen LogP contribution is 2.41. The molecule has 2 N–H and O–H groups in total. The number of nitrogens with two attached hydrogens (primary N) is 1. The highest BCUT2D eigenvalue weighted by Gasteiger charge is 2.25. The molecule has 1 unspecified atom stereocenters. The van der Waals surface area contributed by atoms with Gasteiger partial charge in [0.1, 0.15) is 11.6 Å². The highest BCUT2D eigenvalue weighted by atomic mass is 79.9. The van der Waals surface area contributed by atoms with Crippen molar-refractivity contribution in [2.75, 3.05) is 5.73 Å². The number of anilines is 1. The molecule has 2 aromatic carbocycles. The first kappa shape index (κ1) is 11.7. The molecule has 1 aromatic heterocycles. The summed E-state index contributed by atoms with van der Waals surface area (Å²) in [5.41, 5.74) is 7.50. The Hall–Kier alpha value is -2.07. The van der Waals surface area contributed by atoms with Gasteiger partial charge in [0, 0.05) is 21.5 Å². The van der Waals surface area contributed by atoms with Crippen LogP contribution in [0.3, 0.4) is 0 Å². The largest absolute Gasteiger partial charge is 0.385 e. The minimum Gasteiger partial charge on any atom is -0.385 e. The average molecular weight is 326 g/mol. The number of halogens is 1. The fraction of sp³-hybridized carbons (Fsp3) is 0.0625. The third kappa shape index (κ3) is 1.55. The minimum absolute atomic E-state index is 0.0745. The summed E-state index contributed by atoms with van der Waals surface area (Å²) in [4.78, 5) is 4.57. The Kier molecular flexibility index (Phi) is 2.47. The van der Waals surface area contributed by atoms with Gasteiger partial charge >= 0.3 is 0 Å². The van der Waals surface area contributed by atoms with Crippen LogP contribution in [0.25, 0.3) is 10.8 Å². The summed E-state index contributed by atoms with van der Waals surface area (Å²) in [5, 5.41) is 2.18. The van der Waals surface area contributed by atoms with E-state index in [1.807, 2.05) is 36.5 Å². The van der Waals surface area contributed by atoms with Crippen LogP contribution in [-0.4, -0.2) is 10.8 Å². The van der Waals surface area contributed by atoms with Crippen molar-refractivity contribution in [3.63, 3.8) is 0 Å². The van der Waals surface area contributed by atoms with E-state index in [-0.39, 0.29) is 6.04 Å². The van der Waals surface area contributed by atoms with Crippen molar-refractivity contribution in [2.45, 2.75) is 6.04 Å². The SMILES string of the molecule is Nc1c2ccccc2c2n1C(c1ccc(Br)cc1)C=N2. The van der Waals surface area contributed by atoms with Gasteiger partial charge in [-0.1, -0.05) is 52.3 Å². The second kappa shape index (κ2) is 4.21. The molecule has 4 heteroatoms. The lowest BCUT2D eigenvalue weighted by Gasteiger charge is -2.13. The van der Waals surface area contributed by atoms with Gasteiger partial charge in [0.25, 0.3) is 0 Å². The lowest BCUT2D eigenvalue weighted by Crippen LogP contribution is -2.10. The van der Waals surface area contributed by atoms with Gasteiger partial charge < -0.3 is 5.73 Å². The molecular weight excluding hydrogens is 314 g/mol. The first-order valence-corrected chi connectivity index (χ1v) is 7.23. The van der Waals surface area contributed by atoms with E-state index in [1.54, 1.807) is 0 Å². The third-order valence-electron chi connectivity index (χ3n) is 3.76. The fourth-order valence-corrected chi connectivity index (χ4v) is 3.06. The first-order valence-electron chi connectivity index (χ1n) is 6.44. The Morgan fingerprint density at radius 1 is 1.00 bits per heavy atom. The van der Waals surface area contributed by atoms with E-state index in [0.717, 1.165) is 26.9 Å². The van der Waals surface area contributed by atoms with Crippen LogP contribution < -0.4 is 5.73 Å². The van der Waals surface area contributed by atoms with Crippen molar-refractivity contribution in [1.29, 1.82) is 0 Å². The molecule has 0 fully saturated rings. The summed E-state index contributed by atoms with van der Waals surface area (Å²) in [7, 11) is 0. The summed E-state index contributed by atoms with van der Waals surface area (Å²) >= 11 is 3.46. The Bertz CT molecular complexity index is 831. The van der Waals surface area contributed by atoms with E-state index < -0.39 is 0 Å². The Morgan fingerprint density at radius 2 is 1.70 bits per heavy atom. The Balaban J connectivity index is 1.94. The monoisotopic (exact) mass is 325 g/mol. The second-order valence-electron chi connectivity index (χ2n) is 4.90. The number of nitrogens with zero attached hydrogens (tertiary/aromatic N) is 2. The van der Waals surface area contributed by atoms with Crippen molar-refractivity contribution in [1.82, 2.24) is 4.57 Å². The lowest BCUT2D eigenvalue weighted by atomic mass is 10.1. The molecule has 0 saturated heterocycles. The number of hydrogen-bond acceptors (Lipinski definition) is 2. The third-order valence-corrected chi connectivity index (χ3v) is 4.29. The molecule has 20 heavy (non-hydrogen) atoms. The first-order chi connectivity index (χ1) is 9.75. The number of hydrogen-bond donors (Lipinski definition) is 1. The van der Waals surface area contributed by atoms with Crippen LogP contribution in [0.15, 0.2) is 58.0 Å². The molecule has 0 spiro atoms. The van der Waals surface area contributed by atoms with E-state index in [1.165, 1.54) is 5.56 Å². The van der Waals surface area contributed by atoms with E-state index >= 15 is 0 Å². The van der Waals surface area contributed by atoms with Crippen LogP contribution in [-0.2, 0) is 0 Å². The predicted octanol–water partition coefficient (Wildman–Crippen LogP) is 4.29. The lowest BCUT2D eigenvalue weighted by molar-refractivity contribution is 0.796. The molecule has 2 heterocycles. The summed E-state index contributed by atoms with van der Waals surface area (Å²) < 4.78 is 3.18. The van der Waals surface area contributed by atoms with Crippen LogP contribution in [0.5, 0.6) is 0 Å². The Labute approximate surface area is 124 Å². The minimum atomic E-state index is 0.0745. The number of nitrogen functional groups attached to an aromatic ring is 1. The summed E-state index contributed by atoms with van der Waals surface area (Å²) in [5.74, 6) is 1.73. The maximum Gasteiger partial charge on any atom is 0.142 e. The van der Waals surface area contributed by atoms with Gasteiger partial charge in [-0.05, 0) is 17.7 Å². The number of aliphatic imine (C=N–C) groups is 1. The molecule has 4 rings (SSSR count). The normalized spacial score (nSPS) is 16.8. The molecule has 0 aliphatic carbocycles. The van der Waals surface area contributed by atoms with Crippen LogP contribution in [0.1, 0.15) is 11.6 Å². The standard InChI is InChI=1S/C16H12BrN3/c17-11-7-5-10(6-8-11)14-9-19-16-13-4-2-1-3-12(13)15(18)20(14)16/h1-9,14H,18H2. The van der Waals surface area contributed by atoms with E-state index in [0.29, 0.717) is 0 Å². The molecule has 1 atom stereocenters. The van der Waals surface area contributed by atoms with E-state index in [4.69, 9.17) is 5.73 Å². The van der Waals surface area contributed by atoms with Gasteiger partial charge in [0.2, 0.25) is 0 Å². The van der Waals surface area contributed by atoms with E-state index in [9.17, 15) is 0 Å². The van der Waals surface area contributed by atoms with Crippen molar-refractivity contribution >= 4 is 44.6 Å². The summed E-state index contributed by atoms with van der Waals surface area (Å²) in [6, 6.07) is 16.5. The second-order valence-corrected chi connectivity index (χ2v) is 5.81. The number of aromatic nitrogens is 1. The van der Waals surface area contributed by atoms with Crippen LogP contribution in [0.2, 0.25) is 0 Å². The van der Waals surface area contributed by atoms with Crippen LogP contribution in [0.4, 0.5) is 11.6 Å². The topological polar surface area (TPSA) is 43.3 Å². The zero-order valence-electron chi connectivity index (χ0n) is 10.6. The molecule has 0 radical (unpaired) electrons. The summed E-state index contributed by atoms with van der Waals surface area (Å²) in [6.07, 6.45) is 1.96. The van der Waals surface area contributed by atoms with Gasteiger partial charge in [-0.15, -0.1) is 0 Å². The average Bonchev–Trinajstić information content (AvgIpc) is 3.02. The Morgan fingerprint density at radius 3 is 2.45 bits per heavy atom. The van der Waals surface area contributed by atoms with Gasteiger partial charge in [-0.2, -0.15) is 0 Å². The quantitative estimate of drug-likeness (QED) is 0.712. The smallest absolute Gasteiger partial charge is 0.142 e. The predicted molar refractivity (Wildman–Crippen MR) is 86.8 cm³/mol. The zero-order valence-corrected chi connectivity index (χ0v) is 12.2. The molecule has 1 aliphatic heterocycles. The van der Waals surface area contributed by atoms with Crippen molar-refractivity contribution < 1.29 is 0 Å². The highest BCUT2D eigenvalue weighted by molar-refractivity contribution is 9.10. The molecule has 3 nitrogen and oxygen atoms in total. The van der Waals surface area contributed by atoms with Crippen molar-refractivity contribution in [3.8, 4) is 0 Å². The van der Waals surface area contributed by atoms with Gasteiger partial charge in [0.05, 0.1) is 6.04 Å². The van der Waals surface area contributed by atoms with Crippen molar-refractivity contribution in [2.24, 2.45) is 4.99 Å².